The van der Waals surface area contributed by atoms with Crippen molar-refractivity contribution < 1.29 is 14.3 Å². The summed E-state index contributed by atoms with van der Waals surface area (Å²) in [6, 6.07) is 7.85. The molecule has 6 nitrogen and oxygen atoms in total. The topological polar surface area (TPSA) is 61.9 Å². The van der Waals surface area contributed by atoms with Gasteiger partial charge in [0, 0.05) is 19.5 Å². The molecule has 1 aromatic carbocycles. The zero-order chi connectivity index (χ0) is 17.8. The molecule has 2 saturated heterocycles. The molecule has 0 aliphatic carbocycles. The SMILES string of the molecule is CCCN1CC(NC(=O)N2CC(Oc3ccccc3CC)C2)CC1=O. The molecule has 3 rings (SSSR count). The van der Waals surface area contributed by atoms with E-state index in [1.807, 2.05) is 23.1 Å². The first-order valence-electron chi connectivity index (χ1n) is 9.18. The summed E-state index contributed by atoms with van der Waals surface area (Å²) in [7, 11) is 0. The summed E-state index contributed by atoms with van der Waals surface area (Å²) < 4.78 is 6.00. The maximum atomic E-state index is 12.3. The van der Waals surface area contributed by atoms with Crippen LogP contribution in [0.1, 0.15) is 32.3 Å². The Labute approximate surface area is 149 Å². The number of carbonyl (C=O) groups is 2. The number of nitrogens with zero attached hydrogens (tertiary/aromatic N) is 2. The van der Waals surface area contributed by atoms with Crippen LogP contribution in [-0.2, 0) is 11.2 Å². The Bertz CT molecular complexity index is 628. The van der Waals surface area contributed by atoms with E-state index in [1.54, 1.807) is 4.90 Å². The first kappa shape index (κ1) is 17.6. The smallest absolute Gasteiger partial charge is 0.317 e. The maximum absolute atomic E-state index is 12.3. The van der Waals surface area contributed by atoms with Gasteiger partial charge in [0.05, 0.1) is 19.1 Å². The fourth-order valence-corrected chi connectivity index (χ4v) is 3.39. The van der Waals surface area contributed by atoms with Gasteiger partial charge in [-0.3, -0.25) is 4.79 Å². The largest absolute Gasteiger partial charge is 0.486 e. The Morgan fingerprint density at radius 2 is 2.00 bits per heavy atom. The van der Waals surface area contributed by atoms with Gasteiger partial charge in [0.2, 0.25) is 5.91 Å². The summed E-state index contributed by atoms with van der Waals surface area (Å²) in [4.78, 5) is 27.7. The Balaban J connectivity index is 1.43. The van der Waals surface area contributed by atoms with Crippen molar-refractivity contribution >= 4 is 11.9 Å². The normalized spacial score (nSPS) is 20.6. The third-order valence-corrected chi connectivity index (χ3v) is 4.82. The second-order valence-electron chi connectivity index (χ2n) is 6.80. The first-order chi connectivity index (χ1) is 12.1. The van der Waals surface area contributed by atoms with Gasteiger partial charge >= 0.3 is 6.03 Å². The van der Waals surface area contributed by atoms with E-state index < -0.39 is 0 Å². The van der Waals surface area contributed by atoms with E-state index in [-0.39, 0.29) is 24.1 Å². The molecular weight excluding hydrogens is 318 g/mol. The number of likely N-dealkylation sites (tertiary alicyclic amines) is 2. The van der Waals surface area contributed by atoms with Crippen molar-refractivity contribution in [2.75, 3.05) is 26.2 Å². The lowest BCUT2D eigenvalue weighted by atomic mass is 10.1. The predicted molar refractivity (Wildman–Crippen MR) is 95.6 cm³/mol. The molecule has 3 amide bonds. The van der Waals surface area contributed by atoms with Crippen molar-refractivity contribution in [2.24, 2.45) is 0 Å². The Morgan fingerprint density at radius 3 is 2.72 bits per heavy atom. The maximum Gasteiger partial charge on any atom is 0.317 e. The van der Waals surface area contributed by atoms with Gasteiger partial charge in [-0.1, -0.05) is 32.0 Å². The van der Waals surface area contributed by atoms with Crippen LogP contribution in [0.3, 0.4) is 0 Å². The summed E-state index contributed by atoms with van der Waals surface area (Å²) >= 11 is 0. The van der Waals surface area contributed by atoms with E-state index in [0.29, 0.717) is 26.1 Å². The quantitative estimate of drug-likeness (QED) is 0.858. The number of benzene rings is 1. The zero-order valence-corrected chi connectivity index (χ0v) is 15.0. The molecule has 2 aliphatic rings. The molecule has 0 spiro atoms. The summed E-state index contributed by atoms with van der Waals surface area (Å²) in [5.74, 6) is 1.04. The molecule has 1 aromatic rings. The lowest BCUT2D eigenvalue weighted by molar-refractivity contribution is -0.127. The van der Waals surface area contributed by atoms with Gasteiger partial charge in [-0.15, -0.1) is 0 Å². The van der Waals surface area contributed by atoms with Crippen molar-refractivity contribution in [3.63, 3.8) is 0 Å². The molecule has 136 valence electrons. The van der Waals surface area contributed by atoms with Crippen LogP contribution >= 0.6 is 0 Å². The first-order valence-corrected chi connectivity index (χ1v) is 9.18. The standard InChI is InChI=1S/C19H27N3O3/c1-3-9-21-11-15(10-18(21)23)20-19(24)22-12-16(13-22)25-17-8-6-5-7-14(17)4-2/h5-8,15-16H,3-4,9-13H2,1-2H3,(H,20,24). The number of urea groups is 1. The number of para-hydroxylation sites is 1. The molecule has 0 saturated carbocycles. The van der Waals surface area contributed by atoms with E-state index in [0.717, 1.165) is 25.1 Å². The number of ether oxygens (including phenoxy) is 1. The molecule has 2 aliphatic heterocycles. The molecule has 2 fully saturated rings. The molecule has 25 heavy (non-hydrogen) atoms. The van der Waals surface area contributed by atoms with E-state index in [2.05, 4.69) is 25.2 Å². The second kappa shape index (κ2) is 7.76. The zero-order valence-electron chi connectivity index (χ0n) is 15.0. The third-order valence-electron chi connectivity index (χ3n) is 4.82. The highest BCUT2D eigenvalue weighted by molar-refractivity contribution is 5.82. The monoisotopic (exact) mass is 345 g/mol. The number of rotatable bonds is 6. The Kier molecular flexibility index (Phi) is 5.46. The van der Waals surface area contributed by atoms with Crippen molar-refractivity contribution in [2.45, 2.75) is 45.3 Å². The van der Waals surface area contributed by atoms with E-state index in [4.69, 9.17) is 4.74 Å². The minimum atomic E-state index is -0.0974. The van der Waals surface area contributed by atoms with Crippen LogP contribution in [0, 0.1) is 0 Å². The molecule has 0 radical (unpaired) electrons. The summed E-state index contributed by atoms with van der Waals surface area (Å²) in [6.45, 7) is 6.72. The van der Waals surface area contributed by atoms with E-state index >= 15 is 0 Å². The van der Waals surface area contributed by atoms with E-state index in [9.17, 15) is 9.59 Å². The van der Waals surface area contributed by atoms with Crippen LogP contribution in [0.5, 0.6) is 5.75 Å². The van der Waals surface area contributed by atoms with Crippen LogP contribution in [0.25, 0.3) is 0 Å². The van der Waals surface area contributed by atoms with Crippen LogP contribution in [0.4, 0.5) is 4.79 Å². The summed E-state index contributed by atoms with van der Waals surface area (Å²) in [5.41, 5.74) is 1.19. The fourth-order valence-electron chi connectivity index (χ4n) is 3.39. The average molecular weight is 345 g/mol. The number of aryl methyl sites for hydroxylation is 1. The van der Waals surface area contributed by atoms with Crippen molar-refractivity contribution in [3.8, 4) is 5.75 Å². The molecule has 0 aromatic heterocycles. The highest BCUT2D eigenvalue weighted by Gasteiger charge is 2.36. The van der Waals surface area contributed by atoms with Crippen LogP contribution in [0.2, 0.25) is 0 Å². The van der Waals surface area contributed by atoms with Gasteiger partial charge in [0.15, 0.2) is 0 Å². The minimum Gasteiger partial charge on any atom is -0.486 e. The number of hydrogen-bond donors (Lipinski definition) is 1. The molecular formula is C19H27N3O3. The van der Waals surface area contributed by atoms with Gasteiger partial charge in [0.1, 0.15) is 11.9 Å². The lowest BCUT2D eigenvalue weighted by Crippen LogP contribution is -2.60. The van der Waals surface area contributed by atoms with Crippen LogP contribution in [-0.4, -0.2) is 60.1 Å². The highest BCUT2D eigenvalue weighted by Crippen LogP contribution is 2.23. The van der Waals surface area contributed by atoms with Gasteiger partial charge in [0.25, 0.3) is 0 Å². The molecule has 0 bridgehead atoms. The van der Waals surface area contributed by atoms with Gasteiger partial charge < -0.3 is 19.9 Å². The van der Waals surface area contributed by atoms with Gasteiger partial charge in [-0.2, -0.15) is 0 Å². The highest BCUT2D eigenvalue weighted by atomic mass is 16.5. The fraction of sp³-hybridized carbons (Fsp3) is 0.579. The molecule has 2 heterocycles. The van der Waals surface area contributed by atoms with Crippen LogP contribution < -0.4 is 10.1 Å². The number of carbonyl (C=O) groups excluding carboxylic acids is 2. The van der Waals surface area contributed by atoms with Gasteiger partial charge in [-0.25, -0.2) is 4.79 Å². The van der Waals surface area contributed by atoms with E-state index in [1.165, 1.54) is 5.56 Å². The number of hydrogen-bond acceptors (Lipinski definition) is 3. The second-order valence-corrected chi connectivity index (χ2v) is 6.80. The Hall–Kier alpha value is -2.24. The molecule has 6 heteroatoms. The average Bonchev–Trinajstić information content (AvgIpc) is 2.90. The van der Waals surface area contributed by atoms with Crippen molar-refractivity contribution in [3.05, 3.63) is 29.8 Å². The number of amides is 3. The third kappa shape index (κ3) is 4.06. The van der Waals surface area contributed by atoms with Crippen molar-refractivity contribution in [1.82, 2.24) is 15.1 Å². The minimum absolute atomic E-state index is 0.0419. The van der Waals surface area contributed by atoms with Gasteiger partial charge in [-0.05, 0) is 24.5 Å². The molecule has 1 N–H and O–H groups in total. The summed E-state index contributed by atoms with van der Waals surface area (Å²) in [6.07, 6.45) is 2.32. The number of nitrogens with one attached hydrogen (secondary N) is 1. The molecule has 1 atom stereocenters. The lowest BCUT2D eigenvalue weighted by Gasteiger charge is -2.39. The Morgan fingerprint density at radius 1 is 1.24 bits per heavy atom. The molecule has 1 unspecified atom stereocenters. The van der Waals surface area contributed by atoms with Crippen molar-refractivity contribution in [1.29, 1.82) is 0 Å². The van der Waals surface area contributed by atoms with Crippen LogP contribution in [0.15, 0.2) is 24.3 Å². The summed E-state index contributed by atoms with van der Waals surface area (Å²) in [5, 5.41) is 2.98. The predicted octanol–water partition coefficient (Wildman–Crippen LogP) is 2.03.